The first-order valence-electron chi connectivity index (χ1n) is 4.85. The van der Waals surface area contributed by atoms with E-state index in [1.807, 2.05) is 22.9 Å². The van der Waals surface area contributed by atoms with E-state index in [1.165, 1.54) is 0 Å². The molecule has 78 valence electrons. The minimum atomic E-state index is 0.799. The second-order valence-electron chi connectivity index (χ2n) is 3.05. The first-order chi connectivity index (χ1) is 7.40. The molecule has 2 rings (SSSR count). The van der Waals surface area contributed by atoms with Gasteiger partial charge >= 0.3 is 0 Å². The second-order valence-corrected chi connectivity index (χ2v) is 4.16. The average molecular weight is 220 g/mol. The molecule has 0 aliphatic carbocycles. The zero-order chi connectivity index (χ0) is 10.5. The molecule has 0 aliphatic rings. The van der Waals surface area contributed by atoms with Gasteiger partial charge in [0, 0.05) is 12.4 Å². The Labute approximate surface area is 92.8 Å². The Hall–Kier alpha value is -1.36. The van der Waals surface area contributed by atoms with Gasteiger partial charge in [0.15, 0.2) is 5.82 Å². The summed E-state index contributed by atoms with van der Waals surface area (Å²) in [5, 5.41) is 9.24. The number of rotatable bonds is 4. The van der Waals surface area contributed by atoms with Crippen molar-refractivity contribution in [1.29, 1.82) is 0 Å². The lowest BCUT2D eigenvalue weighted by Gasteiger charge is -2.01. The summed E-state index contributed by atoms with van der Waals surface area (Å²) in [5.74, 6) is 1.88. The van der Waals surface area contributed by atoms with Crippen molar-refractivity contribution >= 4 is 11.8 Å². The topological polar surface area (TPSA) is 43.6 Å². The largest absolute Gasteiger partial charge is 0.289 e. The van der Waals surface area contributed by atoms with Gasteiger partial charge in [0.05, 0.1) is 0 Å². The first-order valence-corrected chi connectivity index (χ1v) is 5.83. The van der Waals surface area contributed by atoms with Gasteiger partial charge in [-0.25, -0.2) is 4.98 Å². The van der Waals surface area contributed by atoms with E-state index < -0.39 is 0 Å². The van der Waals surface area contributed by atoms with Crippen LogP contribution in [0.5, 0.6) is 0 Å². The van der Waals surface area contributed by atoms with Crippen LogP contribution in [0.2, 0.25) is 0 Å². The highest BCUT2D eigenvalue weighted by atomic mass is 32.2. The number of nitrogens with zero attached hydrogens (tertiary/aromatic N) is 4. The fourth-order valence-electron chi connectivity index (χ4n) is 1.13. The van der Waals surface area contributed by atoms with E-state index in [0.717, 1.165) is 23.0 Å². The van der Waals surface area contributed by atoms with Crippen LogP contribution in [0.3, 0.4) is 0 Å². The maximum Gasteiger partial charge on any atom is 0.160 e. The van der Waals surface area contributed by atoms with Gasteiger partial charge in [0.25, 0.3) is 0 Å². The second kappa shape index (κ2) is 4.93. The lowest BCUT2D eigenvalue weighted by Crippen LogP contribution is -1.96. The van der Waals surface area contributed by atoms with Crippen LogP contribution in [-0.4, -0.2) is 25.5 Å². The molecule has 0 aromatic carbocycles. The molecule has 0 radical (unpaired) electrons. The van der Waals surface area contributed by atoms with Crippen LogP contribution in [0.15, 0.2) is 35.9 Å². The molecular formula is C10H12N4S. The van der Waals surface area contributed by atoms with E-state index in [-0.39, 0.29) is 0 Å². The molecule has 0 amide bonds. The van der Waals surface area contributed by atoms with Gasteiger partial charge < -0.3 is 0 Å². The lowest BCUT2D eigenvalue weighted by molar-refractivity contribution is 0.860. The van der Waals surface area contributed by atoms with E-state index in [2.05, 4.69) is 22.1 Å². The molecule has 0 unspecified atom stereocenters. The van der Waals surface area contributed by atoms with Crippen molar-refractivity contribution in [2.75, 3.05) is 5.75 Å². The van der Waals surface area contributed by atoms with Crippen LogP contribution >= 0.6 is 11.8 Å². The molecule has 0 saturated heterocycles. The summed E-state index contributed by atoms with van der Waals surface area (Å²) in [6.07, 6.45) is 6.43. The summed E-state index contributed by atoms with van der Waals surface area (Å²) in [6, 6.07) is 3.94. The van der Waals surface area contributed by atoms with Crippen LogP contribution in [0.4, 0.5) is 0 Å². The molecule has 0 spiro atoms. The predicted molar refractivity (Wildman–Crippen MR) is 60.2 cm³/mol. The lowest BCUT2D eigenvalue weighted by atomic mass is 10.5. The van der Waals surface area contributed by atoms with Crippen molar-refractivity contribution in [2.24, 2.45) is 0 Å². The summed E-state index contributed by atoms with van der Waals surface area (Å²) < 4.78 is 1.83. The summed E-state index contributed by atoms with van der Waals surface area (Å²) in [6.45, 7) is 2.15. The van der Waals surface area contributed by atoms with Crippen molar-refractivity contribution < 1.29 is 0 Å². The zero-order valence-electron chi connectivity index (χ0n) is 8.50. The highest BCUT2D eigenvalue weighted by Crippen LogP contribution is 2.15. The van der Waals surface area contributed by atoms with Crippen molar-refractivity contribution in [1.82, 2.24) is 19.7 Å². The maximum absolute atomic E-state index is 4.14. The molecule has 15 heavy (non-hydrogen) atoms. The monoisotopic (exact) mass is 220 g/mol. The van der Waals surface area contributed by atoms with Gasteiger partial charge in [0.1, 0.15) is 11.4 Å². The van der Waals surface area contributed by atoms with Crippen LogP contribution in [-0.2, 0) is 0 Å². The van der Waals surface area contributed by atoms with Crippen molar-refractivity contribution in [3.05, 3.63) is 30.9 Å². The molecule has 2 aromatic heterocycles. The molecule has 0 bridgehead atoms. The zero-order valence-corrected chi connectivity index (χ0v) is 9.31. The molecule has 2 heterocycles. The molecule has 0 aliphatic heterocycles. The Balaban J connectivity index is 2.11. The third-order valence-corrected chi connectivity index (χ3v) is 2.97. The summed E-state index contributed by atoms with van der Waals surface area (Å²) in [5.41, 5.74) is 0. The van der Waals surface area contributed by atoms with Crippen LogP contribution in [0.1, 0.15) is 13.3 Å². The molecular weight excluding hydrogens is 208 g/mol. The molecule has 0 fully saturated rings. The quantitative estimate of drug-likeness (QED) is 0.741. The predicted octanol–water partition coefficient (Wildman–Crippen LogP) is 2.16. The minimum Gasteiger partial charge on any atom is -0.289 e. The molecule has 5 heteroatoms. The van der Waals surface area contributed by atoms with E-state index >= 15 is 0 Å². The Kier molecular flexibility index (Phi) is 3.34. The van der Waals surface area contributed by atoms with Crippen molar-refractivity contribution in [2.45, 2.75) is 18.4 Å². The summed E-state index contributed by atoms with van der Waals surface area (Å²) in [7, 11) is 0. The number of hydrogen-bond donors (Lipinski definition) is 0. The van der Waals surface area contributed by atoms with Crippen LogP contribution < -0.4 is 0 Å². The van der Waals surface area contributed by atoms with Gasteiger partial charge in [0.2, 0.25) is 0 Å². The molecule has 0 saturated carbocycles. The van der Waals surface area contributed by atoms with Gasteiger partial charge in [-0.2, -0.15) is 0 Å². The number of thioether (sulfide) groups is 1. The highest BCUT2D eigenvalue weighted by molar-refractivity contribution is 7.99. The molecule has 2 aromatic rings. The fourth-order valence-corrected chi connectivity index (χ4v) is 1.81. The van der Waals surface area contributed by atoms with Crippen molar-refractivity contribution in [3.8, 4) is 5.82 Å². The van der Waals surface area contributed by atoms with Gasteiger partial charge in [-0.1, -0.05) is 6.92 Å². The van der Waals surface area contributed by atoms with E-state index in [4.69, 9.17) is 0 Å². The van der Waals surface area contributed by atoms with E-state index in [0.29, 0.717) is 0 Å². The van der Waals surface area contributed by atoms with Gasteiger partial charge in [-0.3, -0.25) is 4.57 Å². The normalized spacial score (nSPS) is 10.5. The van der Waals surface area contributed by atoms with Gasteiger partial charge in [-0.15, -0.1) is 22.0 Å². The summed E-state index contributed by atoms with van der Waals surface area (Å²) in [4.78, 5) is 3.96. The van der Waals surface area contributed by atoms with Crippen molar-refractivity contribution in [3.63, 3.8) is 0 Å². The standard InChI is InChI=1S/C10H12N4S/c1-2-7-15-10-4-3-9(12-13-10)14-6-5-11-8-14/h3-6,8H,2,7H2,1H3. The number of imidazole rings is 1. The van der Waals surface area contributed by atoms with Crippen LogP contribution in [0.25, 0.3) is 5.82 Å². The maximum atomic E-state index is 4.14. The smallest absolute Gasteiger partial charge is 0.160 e. The van der Waals surface area contributed by atoms with Crippen LogP contribution in [0, 0.1) is 0 Å². The molecule has 0 atom stereocenters. The Morgan fingerprint density at radius 1 is 1.33 bits per heavy atom. The Morgan fingerprint density at radius 3 is 2.87 bits per heavy atom. The Bertz CT molecular complexity index is 396. The van der Waals surface area contributed by atoms with E-state index in [1.54, 1.807) is 24.3 Å². The fraction of sp³-hybridized carbons (Fsp3) is 0.300. The third kappa shape index (κ3) is 2.56. The SMILES string of the molecule is CCCSc1ccc(-n2ccnc2)nn1. The van der Waals surface area contributed by atoms with E-state index in [9.17, 15) is 0 Å². The first kappa shape index (κ1) is 10.2. The number of aromatic nitrogens is 4. The highest BCUT2D eigenvalue weighted by Gasteiger charge is 1.99. The Morgan fingerprint density at radius 2 is 2.27 bits per heavy atom. The molecule has 4 nitrogen and oxygen atoms in total. The minimum absolute atomic E-state index is 0.799. The third-order valence-electron chi connectivity index (χ3n) is 1.85. The van der Waals surface area contributed by atoms with Gasteiger partial charge in [-0.05, 0) is 24.3 Å². The average Bonchev–Trinajstić information content (AvgIpc) is 2.80. The molecule has 0 N–H and O–H groups in total. The number of hydrogen-bond acceptors (Lipinski definition) is 4. The summed E-state index contributed by atoms with van der Waals surface area (Å²) >= 11 is 1.73.